The Kier molecular flexibility index (Phi) is 7.18. The van der Waals surface area contributed by atoms with Crippen molar-refractivity contribution in [2.24, 2.45) is 5.92 Å². The van der Waals surface area contributed by atoms with Crippen molar-refractivity contribution in [3.8, 4) is 5.75 Å². The zero-order valence-corrected chi connectivity index (χ0v) is 17.5. The van der Waals surface area contributed by atoms with Crippen LogP contribution in [0.4, 0.5) is 11.4 Å². The summed E-state index contributed by atoms with van der Waals surface area (Å²) in [5, 5.41) is 14.5. The van der Waals surface area contributed by atoms with E-state index in [2.05, 4.69) is 10.7 Å². The molecular formula is C21H20N4O8. The number of nitro benzene ring substituents is 1. The van der Waals surface area contributed by atoms with Crippen LogP contribution < -0.4 is 15.5 Å². The number of benzene rings is 2. The molecule has 2 aromatic carbocycles. The number of esters is 1. The Hall–Kier alpha value is -4.48. The van der Waals surface area contributed by atoms with Gasteiger partial charge in [0.2, 0.25) is 5.91 Å². The summed E-state index contributed by atoms with van der Waals surface area (Å²) >= 11 is 0. The van der Waals surface area contributed by atoms with Gasteiger partial charge in [0, 0.05) is 24.2 Å². The molecule has 0 unspecified atom stereocenters. The van der Waals surface area contributed by atoms with Gasteiger partial charge in [-0.2, -0.15) is 0 Å². The van der Waals surface area contributed by atoms with Crippen molar-refractivity contribution < 1.29 is 33.6 Å². The number of para-hydroxylation sites is 1. The number of ether oxygens (including phenoxy) is 2. The molecule has 1 aliphatic heterocycles. The highest BCUT2D eigenvalue weighted by Crippen LogP contribution is 2.21. The molecule has 12 heteroatoms. The summed E-state index contributed by atoms with van der Waals surface area (Å²) in [5.74, 6) is -3.16. The van der Waals surface area contributed by atoms with Crippen LogP contribution in [-0.4, -0.2) is 53.9 Å². The topological polar surface area (TPSA) is 157 Å². The molecule has 1 saturated heterocycles. The molecule has 1 atom stereocenters. The molecule has 1 aliphatic rings. The number of nitro groups is 1. The second kappa shape index (κ2) is 10.2. The lowest BCUT2D eigenvalue weighted by Gasteiger charge is -2.17. The normalized spacial score (nSPS) is 15.0. The van der Waals surface area contributed by atoms with Crippen LogP contribution in [0.15, 0.2) is 48.5 Å². The summed E-state index contributed by atoms with van der Waals surface area (Å²) in [6.07, 6.45) is -0.243. The van der Waals surface area contributed by atoms with Gasteiger partial charge < -0.3 is 14.8 Å². The summed E-state index contributed by atoms with van der Waals surface area (Å²) in [7, 11) is 1.48. The molecule has 0 aliphatic carbocycles. The lowest BCUT2D eigenvalue weighted by Crippen LogP contribution is -2.43. The number of amides is 3. The third-order valence-corrected chi connectivity index (χ3v) is 4.74. The number of nitrogens with zero attached hydrogens (tertiary/aromatic N) is 2. The zero-order chi connectivity index (χ0) is 24.0. The van der Waals surface area contributed by atoms with Crippen molar-refractivity contribution >= 4 is 35.1 Å². The van der Waals surface area contributed by atoms with Crippen molar-refractivity contribution in [1.82, 2.24) is 10.4 Å². The predicted molar refractivity (Wildman–Crippen MR) is 113 cm³/mol. The maximum Gasteiger partial charge on any atom is 0.311 e. The van der Waals surface area contributed by atoms with Crippen molar-refractivity contribution in [1.29, 1.82) is 0 Å². The Balaban J connectivity index is 1.52. The molecule has 0 aromatic heterocycles. The first-order chi connectivity index (χ1) is 15.8. The van der Waals surface area contributed by atoms with E-state index in [0.29, 0.717) is 11.4 Å². The maximum atomic E-state index is 12.4. The minimum atomic E-state index is -0.909. The van der Waals surface area contributed by atoms with Crippen molar-refractivity contribution in [3.05, 3.63) is 64.2 Å². The fourth-order valence-corrected chi connectivity index (χ4v) is 3.13. The van der Waals surface area contributed by atoms with Gasteiger partial charge in [-0.15, -0.1) is 0 Å². The van der Waals surface area contributed by atoms with Crippen LogP contribution in [0.25, 0.3) is 0 Å². The molecule has 1 fully saturated rings. The second-order valence-corrected chi connectivity index (χ2v) is 7.01. The van der Waals surface area contributed by atoms with E-state index in [1.807, 2.05) is 0 Å². The first-order valence-corrected chi connectivity index (χ1v) is 9.73. The number of nitrogens with one attached hydrogen (secondary N) is 2. The number of carbonyl (C=O) groups is 4. The average molecular weight is 456 g/mol. The van der Waals surface area contributed by atoms with Crippen LogP contribution in [0.3, 0.4) is 0 Å². The lowest BCUT2D eigenvalue weighted by atomic mass is 10.1. The van der Waals surface area contributed by atoms with Crippen molar-refractivity contribution in [2.45, 2.75) is 6.42 Å². The van der Waals surface area contributed by atoms with Crippen LogP contribution >= 0.6 is 0 Å². The fourth-order valence-electron chi connectivity index (χ4n) is 3.13. The van der Waals surface area contributed by atoms with E-state index in [0.717, 1.165) is 11.1 Å². The Morgan fingerprint density at radius 1 is 1.18 bits per heavy atom. The van der Waals surface area contributed by atoms with Crippen molar-refractivity contribution in [2.75, 3.05) is 25.6 Å². The highest BCUT2D eigenvalue weighted by atomic mass is 16.6. The average Bonchev–Trinajstić information content (AvgIpc) is 3.17. The quantitative estimate of drug-likeness (QED) is 0.342. The minimum Gasteiger partial charge on any atom is -0.497 e. The molecule has 0 spiro atoms. The number of rotatable bonds is 8. The Bertz CT molecular complexity index is 1100. The van der Waals surface area contributed by atoms with E-state index in [1.54, 1.807) is 24.3 Å². The highest BCUT2D eigenvalue weighted by molar-refractivity contribution is 5.99. The van der Waals surface area contributed by atoms with E-state index in [9.17, 15) is 29.3 Å². The van der Waals surface area contributed by atoms with Gasteiger partial charge in [-0.3, -0.25) is 39.7 Å². The molecule has 2 aromatic rings. The fraction of sp³-hybridized carbons (Fsp3) is 0.238. The largest absolute Gasteiger partial charge is 0.497 e. The number of hydrogen-bond acceptors (Lipinski definition) is 8. The number of anilines is 1. The van der Waals surface area contributed by atoms with Gasteiger partial charge in [-0.05, 0) is 18.2 Å². The van der Waals surface area contributed by atoms with Gasteiger partial charge in [0.05, 0.1) is 24.5 Å². The van der Waals surface area contributed by atoms with Crippen LogP contribution in [0.1, 0.15) is 16.8 Å². The predicted octanol–water partition coefficient (Wildman–Crippen LogP) is 1.28. The molecule has 1 heterocycles. The summed E-state index contributed by atoms with van der Waals surface area (Å²) in [6.45, 7) is -0.759. The number of hydrazine groups is 1. The molecule has 0 radical (unpaired) electrons. The monoisotopic (exact) mass is 456 g/mol. The second-order valence-electron chi connectivity index (χ2n) is 7.01. The van der Waals surface area contributed by atoms with Gasteiger partial charge in [-0.1, -0.05) is 18.2 Å². The lowest BCUT2D eigenvalue weighted by molar-refractivity contribution is -0.385. The molecule has 3 rings (SSSR count). The summed E-state index contributed by atoms with van der Waals surface area (Å²) in [5.41, 5.74) is 2.09. The van der Waals surface area contributed by atoms with Gasteiger partial charge in [0.25, 0.3) is 17.5 Å². The molecule has 33 heavy (non-hydrogen) atoms. The van der Waals surface area contributed by atoms with Crippen LogP contribution in [-0.2, 0) is 19.1 Å². The number of carbonyl (C=O) groups excluding carboxylic acids is 4. The smallest absolute Gasteiger partial charge is 0.311 e. The molecule has 3 amide bonds. The van der Waals surface area contributed by atoms with Crippen molar-refractivity contribution in [3.63, 3.8) is 0 Å². The van der Waals surface area contributed by atoms with Crippen LogP contribution in [0.5, 0.6) is 5.75 Å². The number of hydrogen-bond donors (Lipinski definition) is 2. The third kappa shape index (κ3) is 5.81. The molecule has 0 saturated carbocycles. The first-order valence-electron chi connectivity index (χ1n) is 9.73. The molecular weight excluding hydrogens is 436 g/mol. The van der Waals surface area contributed by atoms with Gasteiger partial charge >= 0.3 is 5.97 Å². The van der Waals surface area contributed by atoms with Gasteiger partial charge in [-0.25, -0.2) is 0 Å². The Morgan fingerprint density at radius 2 is 1.94 bits per heavy atom. The SMILES string of the molecule is COc1cccc(NC(=O)COC(=O)[C@H]2CC(=O)N(NC(=O)c3ccccc3[N+](=O)[O-])C2)c1. The summed E-state index contributed by atoms with van der Waals surface area (Å²) in [4.78, 5) is 59.3. The van der Waals surface area contributed by atoms with Gasteiger partial charge in [0.15, 0.2) is 6.61 Å². The first kappa shape index (κ1) is 23.2. The summed E-state index contributed by atoms with van der Waals surface area (Å²) in [6, 6.07) is 11.9. The van der Waals surface area contributed by atoms with E-state index in [1.165, 1.54) is 25.3 Å². The highest BCUT2D eigenvalue weighted by Gasteiger charge is 2.37. The summed E-state index contributed by atoms with van der Waals surface area (Å²) < 4.78 is 10.0. The standard InChI is InChI=1S/C21H20N4O8/c1-32-15-6-4-5-14(10-15)22-18(26)12-33-21(29)13-9-19(27)24(11-13)23-20(28)16-7-2-3-8-17(16)25(30)31/h2-8,10,13H,9,11-12H2,1H3,(H,22,26)(H,23,28)/t13-/m0/s1. The van der Waals surface area contributed by atoms with E-state index < -0.39 is 46.8 Å². The molecule has 172 valence electrons. The number of methoxy groups -OCH3 is 1. The Morgan fingerprint density at radius 3 is 2.67 bits per heavy atom. The molecule has 12 nitrogen and oxygen atoms in total. The molecule has 2 N–H and O–H groups in total. The van der Waals surface area contributed by atoms with Gasteiger partial charge in [0.1, 0.15) is 11.3 Å². The minimum absolute atomic E-state index is 0.193. The van der Waals surface area contributed by atoms with E-state index in [4.69, 9.17) is 9.47 Å². The maximum absolute atomic E-state index is 12.4. The van der Waals surface area contributed by atoms with Crippen LogP contribution in [0, 0.1) is 16.0 Å². The third-order valence-electron chi connectivity index (χ3n) is 4.74. The molecule has 0 bridgehead atoms. The van der Waals surface area contributed by atoms with E-state index >= 15 is 0 Å². The van der Waals surface area contributed by atoms with E-state index in [-0.39, 0.29) is 18.5 Å². The van der Waals surface area contributed by atoms with Crippen LogP contribution in [0.2, 0.25) is 0 Å². The zero-order valence-electron chi connectivity index (χ0n) is 17.5. The Labute approximate surface area is 187 Å².